The first-order valence-electron chi connectivity index (χ1n) is 37.6. The fourth-order valence-corrected chi connectivity index (χ4v) is 12.3. The highest BCUT2D eigenvalue weighted by Gasteiger charge is 2.16. The van der Waals surface area contributed by atoms with E-state index in [1.807, 2.05) is 0 Å². The van der Waals surface area contributed by atoms with Crippen LogP contribution in [0.5, 0.6) is 0 Å². The first kappa shape index (κ1) is 78.9. The summed E-state index contributed by atoms with van der Waals surface area (Å²) >= 11 is 0. The van der Waals surface area contributed by atoms with Crippen LogP contribution in [-0.2, 0) is 19.1 Å². The highest BCUT2D eigenvalue weighted by atomic mass is 16.6. The fraction of sp³-hybridized carbons (Fsp3) is 0.973. The molecule has 1 N–H and O–H groups in total. The Bertz CT molecular complexity index is 1140. The van der Waals surface area contributed by atoms with Gasteiger partial charge in [-0.15, -0.1) is 0 Å². The maximum absolute atomic E-state index is 12.4. The number of rotatable bonds is 72. The van der Waals surface area contributed by atoms with E-state index in [0.29, 0.717) is 12.8 Å². The lowest BCUT2D eigenvalue weighted by molar-refractivity contribution is -0.161. The molecule has 0 amide bonds. The Morgan fingerprint density at radius 2 is 0.388 bits per heavy atom. The standard InChI is InChI=1S/C75H148O5/c1-3-5-7-9-11-13-15-17-19-21-23-25-27-29-31-33-35-37-39-41-43-45-47-49-51-53-55-57-59-61-63-65-67-69-74(77)79-72-73(71-76)80-75(78)70-68-66-64-62-60-58-56-54-52-50-48-46-44-42-40-38-36-34-32-30-28-26-24-22-20-18-16-14-12-10-8-6-4-2/h73,76H,3-72H2,1-2H3. The molecule has 0 aromatic heterocycles. The molecule has 478 valence electrons. The summed E-state index contributed by atoms with van der Waals surface area (Å²) in [5.41, 5.74) is 0. The summed E-state index contributed by atoms with van der Waals surface area (Å²) in [4.78, 5) is 24.7. The topological polar surface area (TPSA) is 72.8 Å². The molecule has 1 atom stereocenters. The predicted octanol–water partition coefficient (Wildman–Crippen LogP) is 26.0. The second-order valence-corrected chi connectivity index (χ2v) is 26.1. The lowest BCUT2D eigenvalue weighted by Crippen LogP contribution is -2.28. The van der Waals surface area contributed by atoms with Gasteiger partial charge >= 0.3 is 11.9 Å². The highest BCUT2D eigenvalue weighted by molar-refractivity contribution is 5.70. The minimum absolute atomic E-state index is 0.0552. The van der Waals surface area contributed by atoms with Gasteiger partial charge in [0.25, 0.3) is 0 Å². The molecule has 1 unspecified atom stereocenters. The molecule has 0 rings (SSSR count). The van der Waals surface area contributed by atoms with Crippen LogP contribution in [-0.4, -0.2) is 36.4 Å². The molecule has 0 aliphatic rings. The van der Waals surface area contributed by atoms with E-state index in [2.05, 4.69) is 13.8 Å². The molecule has 0 saturated heterocycles. The summed E-state index contributed by atoms with van der Waals surface area (Å²) in [6, 6.07) is 0. The Morgan fingerprint density at radius 3 is 0.550 bits per heavy atom. The number of aliphatic hydroxyl groups excluding tert-OH is 1. The third-order valence-electron chi connectivity index (χ3n) is 17.9. The van der Waals surface area contributed by atoms with Crippen molar-refractivity contribution in [3.05, 3.63) is 0 Å². The zero-order chi connectivity index (χ0) is 57.6. The van der Waals surface area contributed by atoms with Crippen LogP contribution in [0.15, 0.2) is 0 Å². The van der Waals surface area contributed by atoms with E-state index < -0.39 is 6.10 Å². The van der Waals surface area contributed by atoms with Crippen LogP contribution >= 0.6 is 0 Å². The third-order valence-corrected chi connectivity index (χ3v) is 17.9. The van der Waals surface area contributed by atoms with Crippen LogP contribution in [0.2, 0.25) is 0 Å². The van der Waals surface area contributed by atoms with E-state index in [4.69, 9.17) is 9.47 Å². The monoisotopic (exact) mass is 1130 g/mol. The number of esters is 2. The van der Waals surface area contributed by atoms with Gasteiger partial charge in [0.05, 0.1) is 6.61 Å². The van der Waals surface area contributed by atoms with E-state index in [-0.39, 0.29) is 25.2 Å². The summed E-state index contributed by atoms with van der Waals surface area (Å²) in [5, 5.41) is 9.71. The molecule has 0 fully saturated rings. The zero-order valence-electron chi connectivity index (χ0n) is 55.2. The first-order chi connectivity index (χ1) is 39.6. The Labute approximate surface area is 503 Å². The van der Waals surface area contributed by atoms with Crippen molar-refractivity contribution in [3.63, 3.8) is 0 Å². The van der Waals surface area contributed by atoms with Crippen LogP contribution in [0.3, 0.4) is 0 Å². The van der Waals surface area contributed by atoms with Crippen molar-refractivity contribution in [1.29, 1.82) is 0 Å². The molecule has 0 aliphatic heterocycles. The van der Waals surface area contributed by atoms with Crippen molar-refractivity contribution in [2.75, 3.05) is 13.2 Å². The van der Waals surface area contributed by atoms with Crippen LogP contribution in [0.25, 0.3) is 0 Å². The maximum Gasteiger partial charge on any atom is 0.306 e. The van der Waals surface area contributed by atoms with E-state index in [0.717, 1.165) is 32.1 Å². The Hall–Kier alpha value is -1.10. The van der Waals surface area contributed by atoms with Gasteiger partial charge in [-0.3, -0.25) is 9.59 Å². The van der Waals surface area contributed by atoms with Gasteiger partial charge in [-0.05, 0) is 12.8 Å². The van der Waals surface area contributed by atoms with Crippen molar-refractivity contribution >= 4 is 11.9 Å². The van der Waals surface area contributed by atoms with Crippen LogP contribution in [0, 0.1) is 0 Å². The molecule has 5 nitrogen and oxygen atoms in total. The van der Waals surface area contributed by atoms with Gasteiger partial charge in [-0.1, -0.05) is 425 Å². The molecule has 0 aromatic rings. The van der Waals surface area contributed by atoms with Gasteiger partial charge in [0.1, 0.15) is 6.61 Å². The van der Waals surface area contributed by atoms with Crippen molar-refractivity contribution in [1.82, 2.24) is 0 Å². The molecule has 80 heavy (non-hydrogen) atoms. The largest absolute Gasteiger partial charge is 0.462 e. The summed E-state index contributed by atoms with van der Waals surface area (Å²) < 4.78 is 10.8. The van der Waals surface area contributed by atoms with Gasteiger partial charge in [0, 0.05) is 12.8 Å². The van der Waals surface area contributed by atoms with Gasteiger partial charge in [-0.25, -0.2) is 0 Å². The highest BCUT2D eigenvalue weighted by Crippen LogP contribution is 2.20. The van der Waals surface area contributed by atoms with Crippen LogP contribution < -0.4 is 0 Å². The zero-order valence-corrected chi connectivity index (χ0v) is 55.2. The lowest BCUT2D eigenvalue weighted by Gasteiger charge is -2.15. The number of carbonyl (C=O) groups excluding carboxylic acids is 2. The van der Waals surface area contributed by atoms with E-state index in [1.165, 1.54) is 392 Å². The van der Waals surface area contributed by atoms with E-state index in [9.17, 15) is 14.7 Å². The van der Waals surface area contributed by atoms with Gasteiger partial charge < -0.3 is 14.6 Å². The quantitative estimate of drug-likeness (QED) is 0.0485. The minimum atomic E-state index is -0.766. The molecule has 0 saturated carbocycles. The van der Waals surface area contributed by atoms with Crippen LogP contribution in [0.1, 0.15) is 450 Å². The summed E-state index contributed by atoms with van der Waals surface area (Å²) in [7, 11) is 0. The fourth-order valence-electron chi connectivity index (χ4n) is 12.3. The Morgan fingerprint density at radius 1 is 0.237 bits per heavy atom. The second kappa shape index (κ2) is 72.2. The lowest BCUT2D eigenvalue weighted by atomic mass is 10.0. The molecule has 0 aliphatic carbocycles. The molecular formula is C75H148O5. The maximum atomic E-state index is 12.4. The van der Waals surface area contributed by atoms with Gasteiger partial charge in [0.15, 0.2) is 6.10 Å². The Balaban J connectivity index is 3.34. The number of hydrogen-bond acceptors (Lipinski definition) is 5. The van der Waals surface area contributed by atoms with Crippen molar-refractivity contribution in [2.24, 2.45) is 0 Å². The summed E-state index contributed by atoms with van der Waals surface area (Å²) in [6.45, 7) is 4.23. The smallest absolute Gasteiger partial charge is 0.306 e. The number of aliphatic hydroxyl groups is 1. The molecule has 0 aromatic carbocycles. The first-order valence-corrected chi connectivity index (χ1v) is 37.6. The average molecular weight is 1130 g/mol. The van der Waals surface area contributed by atoms with Crippen molar-refractivity contribution < 1.29 is 24.2 Å². The van der Waals surface area contributed by atoms with Crippen LogP contribution in [0.4, 0.5) is 0 Å². The average Bonchev–Trinajstić information content (AvgIpc) is 3.46. The molecule has 0 radical (unpaired) electrons. The third kappa shape index (κ3) is 69.4. The molecular weight excluding hydrogens is 981 g/mol. The number of carbonyl (C=O) groups is 2. The molecule has 0 bridgehead atoms. The SMILES string of the molecule is CCCCCCCCCCCCCCCCCCCCCCCCCCCCCCCCCCCC(=O)OCC(CO)OC(=O)CCCCCCCCCCCCCCCCCCCCCCCCCCCCCCCCCCC. The van der Waals surface area contributed by atoms with E-state index in [1.54, 1.807) is 0 Å². The summed E-state index contributed by atoms with van der Waals surface area (Å²) in [5.74, 6) is -0.557. The predicted molar refractivity (Wildman–Crippen MR) is 353 cm³/mol. The number of ether oxygens (including phenoxy) is 2. The molecule has 0 heterocycles. The summed E-state index contributed by atoms with van der Waals surface area (Å²) in [6.07, 6.45) is 91.8. The number of unbranched alkanes of at least 4 members (excludes halogenated alkanes) is 64. The van der Waals surface area contributed by atoms with Crippen molar-refractivity contribution in [3.8, 4) is 0 Å². The molecule has 5 heteroatoms. The second-order valence-electron chi connectivity index (χ2n) is 26.1. The Kier molecular flexibility index (Phi) is 71.2. The van der Waals surface area contributed by atoms with Gasteiger partial charge in [-0.2, -0.15) is 0 Å². The normalized spacial score (nSPS) is 12.0. The van der Waals surface area contributed by atoms with Crippen molar-refractivity contribution in [2.45, 2.75) is 457 Å². The molecule has 0 spiro atoms. The number of hydrogen-bond donors (Lipinski definition) is 1. The minimum Gasteiger partial charge on any atom is -0.462 e. The van der Waals surface area contributed by atoms with E-state index >= 15 is 0 Å². The van der Waals surface area contributed by atoms with Gasteiger partial charge in [0.2, 0.25) is 0 Å².